The van der Waals surface area contributed by atoms with Crippen molar-refractivity contribution in [3.05, 3.63) is 0 Å². The summed E-state index contributed by atoms with van der Waals surface area (Å²) in [5.41, 5.74) is 5.78. The molecule has 1 rings (SSSR count). The highest BCUT2D eigenvalue weighted by Crippen LogP contribution is 2.05. The van der Waals surface area contributed by atoms with Crippen LogP contribution in [0.15, 0.2) is 0 Å². The molecule has 66 valence electrons. The first kappa shape index (κ1) is 8.97. The summed E-state index contributed by atoms with van der Waals surface area (Å²) in [6.45, 7) is 4.59. The lowest BCUT2D eigenvalue weighted by molar-refractivity contribution is 0.281. The Labute approximate surface area is 69.1 Å². The van der Waals surface area contributed by atoms with E-state index in [9.17, 15) is 0 Å². The number of rotatable bonds is 3. The summed E-state index contributed by atoms with van der Waals surface area (Å²) in [6.07, 6.45) is 1.17. The van der Waals surface area contributed by atoms with Gasteiger partial charge in [-0.15, -0.1) is 0 Å². The summed E-state index contributed by atoms with van der Waals surface area (Å²) >= 11 is 0. The largest absolute Gasteiger partial charge is 0.326 e. The minimum Gasteiger partial charge on any atom is -0.326 e. The van der Waals surface area contributed by atoms with E-state index >= 15 is 0 Å². The Balaban J connectivity index is 2.08. The fourth-order valence-corrected chi connectivity index (χ4v) is 1.41. The Kier molecular flexibility index (Phi) is 3.30. The molecule has 11 heavy (non-hydrogen) atoms. The zero-order valence-corrected chi connectivity index (χ0v) is 7.58. The maximum absolute atomic E-state index is 5.78. The molecule has 3 nitrogen and oxygen atoms in total. The molecule has 0 unspecified atom stereocenters. The van der Waals surface area contributed by atoms with Crippen molar-refractivity contribution in [3.63, 3.8) is 0 Å². The predicted molar refractivity (Wildman–Crippen MR) is 47.6 cm³/mol. The summed E-state index contributed by atoms with van der Waals surface area (Å²) < 4.78 is 0. The minimum atomic E-state index is 0.428. The molecular formula is C8H19N3. The molecule has 0 spiro atoms. The first-order valence-electron chi connectivity index (χ1n) is 4.31. The van der Waals surface area contributed by atoms with Crippen LogP contribution in [0.5, 0.6) is 0 Å². The van der Waals surface area contributed by atoms with Gasteiger partial charge in [0.2, 0.25) is 0 Å². The first-order valence-corrected chi connectivity index (χ1v) is 4.31. The summed E-state index contributed by atoms with van der Waals surface area (Å²) in [5, 5.41) is 0. The van der Waals surface area contributed by atoms with E-state index in [0.29, 0.717) is 6.04 Å². The minimum absolute atomic E-state index is 0.428. The smallest absolute Gasteiger partial charge is 0.0180 e. The van der Waals surface area contributed by atoms with Gasteiger partial charge >= 0.3 is 0 Å². The van der Waals surface area contributed by atoms with Crippen molar-refractivity contribution in [3.8, 4) is 0 Å². The second-order valence-corrected chi connectivity index (χ2v) is 3.65. The molecule has 0 aromatic rings. The molecule has 0 aromatic heterocycles. The maximum atomic E-state index is 5.78. The van der Waals surface area contributed by atoms with E-state index in [-0.39, 0.29) is 0 Å². The molecule has 0 amide bonds. The van der Waals surface area contributed by atoms with Gasteiger partial charge in [0, 0.05) is 25.7 Å². The highest BCUT2D eigenvalue weighted by Gasteiger charge is 2.17. The van der Waals surface area contributed by atoms with Gasteiger partial charge in [-0.05, 0) is 27.1 Å². The van der Waals surface area contributed by atoms with E-state index in [0.717, 1.165) is 13.1 Å². The van der Waals surface area contributed by atoms with Gasteiger partial charge in [-0.3, -0.25) is 0 Å². The Morgan fingerprint density at radius 1 is 1.55 bits per heavy atom. The number of hydrogen-bond acceptors (Lipinski definition) is 3. The Bertz CT molecular complexity index is 114. The lowest BCUT2D eigenvalue weighted by atomic mass is 10.3. The van der Waals surface area contributed by atoms with Crippen LogP contribution in [-0.4, -0.2) is 56.1 Å². The molecule has 1 atom stereocenters. The van der Waals surface area contributed by atoms with Crippen molar-refractivity contribution in [2.24, 2.45) is 5.73 Å². The third-order valence-corrected chi connectivity index (χ3v) is 2.17. The van der Waals surface area contributed by atoms with Crippen molar-refractivity contribution in [1.29, 1.82) is 0 Å². The quantitative estimate of drug-likeness (QED) is 0.604. The van der Waals surface area contributed by atoms with Gasteiger partial charge < -0.3 is 15.5 Å². The molecule has 0 radical (unpaired) electrons. The Morgan fingerprint density at radius 2 is 2.27 bits per heavy atom. The molecule has 0 saturated carbocycles. The Hall–Kier alpha value is -0.120. The molecular weight excluding hydrogens is 138 g/mol. The van der Waals surface area contributed by atoms with Crippen LogP contribution in [0.4, 0.5) is 0 Å². The number of hydrogen-bond donors (Lipinski definition) is 1. The molecule has 0 aromatic carbocycles. The highest BCUT2D eigenvalue weighted by atomic mass is 15.2. The fraction of sp³-hybridized carbons (Fsp3) is 1.00. The summed E-state index contributed by atoms with van der Waals surface area (Å²) in [6, 6.07) is 0.428. The highest BCUT2D eigenvalue weighted by molar-refractivity contribution is 4.77. The summed E-state index contributed by atoms with van der Waals surface area (Å²) in [7, 11) is 4.21. The average Bonchev–Trinajstić information content (AvgIpc) is 2.31. The van der Waals surface area contributed by atoms with Crippen LogP contribution in [0.3, 0.4) is 0 Å². The standard InChI is InChI=1S/C8H19N3/c1-10(2)5-6-11-4-3-8(9)7-11/h8H,3-7,9H2,1-2H3/t8-/m1/s1. The van der Waals surface area contributed by atoms with Gasteiger partial charge in [0.05, 0.1) is 0 Å². The van der Waals surface area contributed by atoms with E-state index in [1.165, 1.54) is 19.5 Å². The van der Waals surface area contributed by atoms with Gasteiger partial charge in [-0.2, -0.15) is 0 Å². The topological polar surface area (TPSA) is 32.5 Å². The lowest BCUT2D eigenvalue weighted by Gasteiger charge is -2.17. The van der Waals surface area contributed by atoms with E-state index in [2.05, 4.69) is 23.9 Å². The molecule has 3 heteroatoms. The number of likely N-dealkylation sites (tertiary alicyclic amines) is 1. The molecule has 0 bridgehead atoms. The van der Waals surface area contributed by atoms with E-state index < -0.39 is 0 Å². The van der Waals surface area contributed by atoms with Crippen LogP contribution in [0, 0.1) is 0 Å². The van der Waals surface area contributed by atoms with Crippen LogP contribution >= 0.6 is 0 Å². The summed E-state index contributed by atoms with van der Waals surface area (Å²) in [5.74, 6) is 0. The van der Waals surface area contributed by atoms with Crippen molar-refractivity contribution in [2.45, 2.75) is 12.5 Å². The van der Waals surface area contributed by atoms with E-state index in [1.54, 1.807) is 0 Å². The summed E-state index contributed by atoms with van der Waals surface area (Å²) in [4.78, 5) is 4.65. The van der Waals surface area contributed by atoms with Gasteiger partial charge in [0.25, 0.3) is 0 Å². The SMILES string of the molecule is CN(C)CCN1CC[C@@H](N)C1. The van der Waals surface area contributed by atoms with Gasteiger partial charge in [-0.25, -0.2) is 0 Å². The van der Waals surface area contributed by atoms with Gasteiger partial charge in [0.15, 0.2) is 0 Å². The molecule has 0 aliphatic carbocycles. The average molecular weight is 157 g/mol. The Morgan fingerprint density at radius 3 is 2.73 bits per heavy atom. The monoisotopic (exact) mass is 157 g/mol. The predicted octanol–water partition coefficient (Wildman–Crippen LogP) is -0.419. The van der Waals surface area contributed by atoms with Gasteiger partial charge in [0.1, 0.15) is 0 Å². The van der Waals surface area contributed by atoms with Crippen LogP contribution in [-0.2, 0) is 0 Å². The lowest BCUT2D eigenvalue weighted by Crippen LogP contribution is -2.32. The third kappa shape index (κ3) is 3.18. The third-order valence-electron chi connectivity index (χ3n) is 2.17. The van der Waals surface area contributed by atoms with Crippen molar-refractivity contribution in [2.75, 3.05) is 40.3 Å². The molecule has 1 fully saturated rings. The van der Waals surface area contributed by atoms with Gasteiger partial charge in [-0.1, -0.05) is 0 Å². The van der Waals surface area contributed by atoms with Crippen molar-refractivity contribution in [1.82, 2.24) is 9.80 Å². The molecule has 1 heterocycles. The van der Waals surface area contributed by atoms with Crippen LogP contribution in [0.25, 0.3) is 0 Å². The number of nitrogens with zero attached hydrogens (tertiary/aromatic N) is 2. The molecule has 1 aliphatic heterocycles. The zero-order chi connectivity index (χ0) is 8.27. The second kappa shape index (κ2) is 4.04. The fourth-order valence-electron chi connectivity index (χ4n) is 1.41. The van der Waals surface area contributed by atoms with Crippen molar-refractivity contribution >= 4 is 0 Å². The van der Waals surface area contributed by atoms with Crippen molar-refractivity contribution < 1.29 is 0 Å². The number of nitrogens with two attached hydrogens (primary N) is 1. The first-order chi connectivity index (χ1) is 5.18. The van der Waals surface area contributed by atoms with Crippen LogP contribution < -0.4 is 5.73 Å². The molecule has 2 N–H and O–H groups in total. The molecule has 1 saturated heterocycles. The number of likely N-dealkylation sites (N-methyl/N-ethyl adjacent to an activating group) is 1. The van der Waals surface area contributed by atoms with E-state index in [1.807, 2.05) is 0 Å². The normalized spacial score (nSPS) is 26.7. The second-order valence-electron chi connectivity index (χ2n) is 3.65. The zero-order valence-electron chi connectivity index (χ0n) is 7.58. The van der Waals surface area contributed by atoms with E-state index in [4.69, 9.17) is 5.73 Å². The molecule has 1 aliphatic rings. The van der Waals surface area contributed by atoms with Crippen LogP contribution in [0.2, 0.25) is 0 Å². The van der Waals surface area contributed by atoms with Crippen LogP contribution in [0.1, 0.15) is 6.42 Å². The maximum Gasteiger partial charge on any atom is 0.0180 e.